The lowest BCUT2D eigenvalue weighted by Crippen LogP contribution is -2.14. The molecule has 2 aliphatic rings. The van der Waals surface area contributed by atoms with Gasteiger partial charge in [-0.2, -0.15) is 5.26 Å². The van der Waals surface area contributed by atoms with Crippen molar-refractivity contribution < 1.29 is 4.79 Å². The Bertz CT molecular complexity index is 905. The molecule has 0 aliphatic heterocycles. The van der Waals surface area contributed by atoms with Crippen LogP contribution in [0.25, 0.3) is 0 Å². The van der Waals surface area contributed by atoms with Gasteiger partial charge in [0, 0.05) is 17.8 Å². The second-order valence-electron chi connectivity index (χ2n) is 7.60. The third-order valence-corrected chi connectivity index (χ3v) is 7.93. The first-order valence-electron chi connectivity index (χ1n) is 10.0. The van der Waals surface area contributed by atoms with E-state index in [4.69, 9.17) is 0 Å². The van der Waals surface area contributed by atoms with Gasteiger partial charge in [-0.1, -0.05) is 31.0 Å². The zero-order chi connectivity index (χ0) is 19.5. The maximum Gasteiger partial charge on any atom is 0.235 e. The van der Waals surface area contributed by atoms with E-state index in [2.05, 4.69) is 21.6 Å². The number of anilines is 1. The molecule has 28 heavy (non-hydrogen) atoms. The van der Waals surface area contributed by atoms with Crippen LogP contribution in [0, 0.1) is 11.3 Å². The van der Waals surface area contributed by atoms with Gasteiger partial charge in [0.15, 0.2) is 5.16 Å². The molecule has 0 saturated heterocycles. The molecular formula is C20H25N5OS2. The number of thioether (sulfide) groups is 1. The molecule has 2 heterocycles. The highest BCUT2D eigenvalue weighted by Crippen LogP contribution is 2.37. The second-order valence-corrected chi connectivity index (χ2v) is 9.65. The summed E-state index contributed by atoms with van der Waals surface area (Å²) in [7, 11) is 1.98. The van der Waals surface area contributed by atoms with E-state index in [1.54, 1.807) is 11.3 Å². The van der Waals surface area contributed by atoms with Crippen molar-refractivity contribution in [1.82, 2.24) is 14.8 Å². The number of hydrogen-bond acceptors (Lipinski definition) is 6. The van der Waals surface area contributed by atoms with Crippen LogP contribution in [0.1, 0.15) is 72.7 Å². The molecular weight excluding hydrogens is 390 g/mol. The number of hydrogen-bond donors (Lipinski definition) is 1. The number of amides is 1. The quantitative estimate of drug-likeness (QED) is 0.578. The monoisotopic (exact) mass is 415 g/mol. The molecule has 0 bridgehead atoms. The van der Waals surface area contributed by atoms with Crippen molar-refractivity contribution in [1.29, 1.82) is 5.26 Å². The number of aryl methyl sites for hydroxylation is 1. The van der Waals surface area contributed by atoms with Crippen LogP contribution < -0.4 is 5.32 Å². The number of fused-ring (bicyclic) bond motifs is 1. The van der Waals surface area contributed by atoms with Gasteiger partial charge in [-0.25, -0.2) is 0 Å². The Kier molecular flexibility index (Phi) is 6.02. The number of nitrogens with zero attached hydrogens (tertiary/aromatic N) is 4. The minimum Gasteiger partial charge on any atom is -0.316 e. The Labute approximate surface area is 173 Å². The molecule has 0 atom stereocenters. The van der Waals surface area contributed by atoms with Crippen LogP contribution in [0.4, 0.5) is 5.00 Å². The van der Waals surface area contributed by atoms with Gasteiger partial charge < -0.3 is 9.88 Å². The Balaban J connectivity index is 1.40. The molecule has 4 rings (SSSR count). The standard InChI is InChI=1S/C20H25N5OS2/c1-25-18(13-7-5-6-8-13)23-24-20(25)27-12-17(26)22-19-15(11-21)14-9-3-2-4-10-16(14)28-19/h13H,2-10,12H2,1H3,(H,22,26). The highest BCUT2D eigenvalue weighted by molar-refractivity contribution is 7.99. The second kappa shape index (κ2) is 8.66. The molecule has 0 spiro atoms. The molecule has 8 heteroatoms. The summed E-state index contributed by atoms with van der Waals surface area (Å²) < 4.78 is 2.03. The third kappa shape index (κ3) is 3.96. The molecule has 0 aromatic carbocycles. The van der Waals surface area contributed by atoms with Crippen LogP contribution in [0.15, 0.2) is 5.16 Å². The summed E-state index contributed by atoms with van der Waals surface area (Å²) >= 11 is 2.98. The molecule has 1 fully saturated rings. The summed E-state index contributed by atoms with van der Waals surface area (Å²) in [4.78, 5) is 13.8. The van der Waals surface area contributed by atoms with Gasteiger partial charge in [0.25, 0.3) is 0 Å². The van der Waals surface area contributed by atoms with E-state index in [1.165, 1.54) is 48.7 Å². The normalized spacial score (nSPS) is 17.1. The van der Waals surface area contributed by atoms with Crippen LogP contribution in [0.3, 0.4) is 0 Å². The molecule has 0 radical (unpaired) electrons. The first-order valence-corrected chi connectivity index (χ1v) is 11.8. The molecule has 1 N–H and O–H groups in total. The van der Waals surface area contributed by atoms with E-state index in [9.17, 15) is 10.1 Å². The molecule has 6 nitrogen and oxygen atoms in total. The topological polar surface area (TPSA) is 83.6 Å². The number of nitriles is 1. The summed E-state index contributed by atoms with van der Waals surface area (Å²) in [5, 5.41) is 22.7. The number of nitrogens with one attached hydrogen (secondary N) is 1. The van der Waals surface area contributed by atoms with E-state index in [-0.39, 0.29) is 11.7 Å². The maximum absolute atomic E-state index is 12.5. The van der Waals surface area contributed by atoms with Crippen molar-refractivity contribution in [2.45, 2.75) is 68.9 Å². The third-order valence-electron chi connectivity index (χ3n) is 5.71. The lowest BCUT2D eigenvalue weighted by atomic mass is 10.1. The Morgan fingerprint density at radius 3 is 2.82 bits per heavy atom. The SMILES string of the molecule is Cn1c(SCC(=O)Nc2sc3c(c2C#N)CCCCC3)nnc1C1CCCC1. The van der Waals surface area contributed by atoms with E-state index >= 15 is 0 Å². The smallest absolute Gasteiger partial charge is 0.235 e. The minimum atomic E-state index is -0.0941. The number of aromatic nitrogens is 3. The summed E-state index contributed by atoms with van der Waals surface area (Å²) in [5.41, 5.74) is 1.82. The predicted octanol–water partition coefficient (Wildman–Crippen LogP) is 4.41. The minimum absolute atomic E-state index is 0.0941. The first kappa shape index (κ1) is 19.5. The van der Waals surface area contributed by atoms with Crippen LogP contribution in [-0.2, 0) is 24.7 Å². The Morgan fingerprint density at radius 2 is 2.04 bits per heavy atom. The van der Waals surface area contributed by atoms with Gasteiger partial charge >= 0.3 is 0 Å². The average Bonchev–Trinajstić information content (AvgIpc) is 3.36. The number of thiophene rings is 1. The molecule has 2 aromatic rings. The van der Waals surface area contributed by atoms with Gasteiger partial charge in [0.05, 0.1) is 11.3 Å². The molecule has 1 saturated carbocycles. The number of rotatable bonds is 5. The highest BCUT2D eigenvalue weighted by Gasteiger charge is 2.24. The summed E-state index contributed by atoms with van der Waals surface area (Å²) in [5.74, 6) is 1.71. The van der Waals surface area contributed by atoms with Crippen LogP contribution in [-0.4, -0.2) is 26.4 Å². The first-order chi connectivity index (χ1) is 13.7. The number of carbonyl (C=O) groups excluding carboxylic acids is 1. The van der Waals surface area contributed by atoms with Crippen LogP contribution >= 0.6 is 23.1 Å². The highest BCUT2D eigenvalue weighted by atomic mass is 32.2. The van der Waals surface area contributed by atoms with Crippen LogP contribution in [0.5, 0.6) is 0 Å². The van der Waals surface area contributed by atoms with Gasteiger partial charge in [0.2, 0.25) is 5.91 Å². The van der Waals surface area contributed by atoms with E-state index in [0.29, 0.717) is 16.5 Å². The van der Waals surface area contributed by atoms with Gasteiger partial charge in [-0.15, -0.1) is 21.5 Å². The van der Waals surface area contributed by atoms with Gasteiger partial charge in [-0.3, -0.25) is 4.79 Å². The summed E-state index contributed by atoms with van der Waals surface area (Å²) in [6.07, 6.45) is 10.3. The van der Waals surface area contributed by atoms with Crippen molar-refractivity contribution in [3.05, 3.63) is 21.8 Å². The van der Waals surface area contributed by atoms with E-state index < -0.39 is 0 Å². The summed E-state index contributed by atoms with van der Waals surface area (Å²) in [6.45, 7) is 0. The Morgan fingerprint density at radius 1 is 1.25 bits per heavy atom. The average molecular weight is 416 g/mol. The zero-order valence-electron chi connectivity index (χ0n) is 16.2. The van der Waals surface area contributed by atoms with E-state index in [1.807, 2.05) is 11.6 Å². The fourth-order valence-corrected chi connectivity index (χ4v) is 6.21. The van der Waals surface area contributed by atoms with Gasteiger partial charge in [-0.05, 0) is 44.1 Å². The molecule has 1 amide bonds. The van der Waals surface area contributed by atoms with Crippen molar-refractivity contribution in [3.8, 4) is 6.07 Å². The maximum atomic E-state index is 12.5. The Hall–Kier alpha value is -1.85. The fourth-order valence-electron chi connectivity index (χ4n) is 4.23. The molecule has 2 aromatic heterocycles. The van der Waals surface area contributed by atoms with Crippen molar-refractivity contribution >= 4 is 34.0 Å². The zero-order valence-corrected chi connectivity index (χ0v) is 17.8. The largest absolute Gasteiger partial charge is 0.316 e. The fraction of sp³-hybridized carbons (Fsp3) is 0.600. The van der Waals surface area contributed by atoms with Crippen LogP contribution in [0.2, 0.25) is 0 Å². The van der Waals surface area contributed by atoms with Gasteiger partial charge in [0.1, 0.15) is 16.9 Å². The van der Waals surface area contributed by atoms with E-state index in [0.717, 1.165) is 42.2 Å². The van der Waals surface area contributed by atoms with Crippen molar-refractivity contribution in [3.63, 3.8) is 0 Å². The van der Waals surface area contributed by atoms with Crippen molar-refractivity contribution in [2.24, 2.45) is 7.05 Å². The lowest BCUT2D eigenvalue weighted by Gasteiger charge is -2.08. The molecule has 0 unspecified atom stereocenters. The molecule has 2 aliphatic carbocycles. The summed E-state index contributed by atoms with van der Waals surface area (Å²) in [6, 6.07) is 2.32. The van der Waals surface area contributed by atoms with Crippen molar-refractivity contribution in [2.75, 3.05) is 11.1 Å². The molecule has 148 valence electrons. The number of carbonyl (C=O) groups is 1. The predicted molar refractivity (Wildman–Crippen MR) is 112 cm³/mol. The lowest BCUT2D eigenvalue weighted by molar-refractivity contribution is -0.113.